The Labute approximate surface area is 95.1 Å². The van der Waals surface area contributed by atoms with Gasteiger partial charge in [0.05, 0.1) is 0 Å². The molecule has 0 saturated heterocycles. The number of nitrogens with one attached hydrogen (secondary N) is 1. The fourth-order valence-electron chi connectivity index (χ4n) is 1.60. The smallest absolute Gasteiger partial charge is 0.0346 e. The molecular formula is C13H17NS. The largest absolute Gasteiger partial charge is 0.310 e. The van der Waals surface area contributed by atoms with Gasteiger partial charge in [-0.2, -0.15) is 0 Å². The second kappa shape index (κ2) is 4.77. The molecule has 0 fully saturated rings. The van der Waals surface area contributed by atoms with Crippen molar-refractivity contribution < 1.29 is 0 Å². The monoisotopic (exact) mass is 219 g/mol. The van der Waals surface area contributed by atoms with Crippen LogP contribution < -0.4 is 5.32 Å². The molecule has 2 heteroatoms. The lowest BCUT2D eigenvalue weighted by Gasteiger charge is -2.10. The summed E-state index contributed by atoms with van der Waals surface area (Å²) in [5, 5.41) is 7.20. The number of fused-ring (bicyclic) bond motifs is 1. The first-order chi connectivity index (χ1) is 7.31. The Balaban J connectivity index is 2.14. The second-order valence-electron chi connectivity index (χ2n) is 3.95. The summed E-state index contributed by atoms with van der Waals surface area (Å²) >= 11 is 1.83. The van der Waals surface area contributed by atoms with E-state index < -0.39 is 0 Å². The molecule has 15 heavy (non-hydrogen) atoms. The molecule has 0 aliphatic carbocycles. The summed E-state index contributed by atoms with van der Waals surface area (Å²) in [7, 11) is 0. The van der Waals surface area contributed by atoms with Crippen LogP contribution in [-0.2, 0) is 6.54 Å². The van der Waals surface area contributed by atoms with Crippen LogP contribution in [0.5, 0.6) is 0 Å². The van der Waals surface area contributed by atoms with Crippen LogP contribution in [0.2, 0.25) is 0 Å². The van der Waals surface area contributed by atoms with Crippen LogP contribution in [0.3, 0.4) is 0 Å². The second-order valence-corrected chi connectivity index (χ2v) is 4.86. The first-order valence-corrected chi connectivity index (χ1v) is 6.37. The van der Waals surface area contributed by atoms with Gasteiger partial charge >= 0.3 is 0 Å². The minimum Gasteiger partial charge on any atom is -0.310 e. The van der Waals surface area contributed by atoms with Crippen molar-refractivity contribution in [2.45, 2.75) is 32.9 Å². The van der Waals surface area contributed by atoms with E-state index in [0.717, 1.165) is 6.54 Å². The van der Waals surface area contributed by atoms with Gasteiger partial charge in [-0.25, -0.2) is 0 Å². The quantitative estimate of drug-likeness (QED) is 0.825. The van der Waals surface area contributed by atoms with Gasteiger partial charge in [0.25, 0.3) is 0 Å². The number of rotatable bonds is 4. The zero-order valence-electron chi connectivity index (χ0n) is 9.29. The lowest BCUT2D eigenvalue weighted by atomic mass is 10.1. The van der Waals surface area contributed by atoms with E-state index in [1.54, 1.807) is 0 Å². The van der Waals surface area contributed by atoms with Crippen LogP contribution in [0, 0.1) is 0 Å². The molecule has 1 nitrogen and oxygen atoms in total. The van der Waals surface area contributed by atoms with E-state index in [1.807, 2.05) is 11.3 Å². The number of benzene rings is 1. The Morgan fingerprint density at radius 2 is 2.13 bits per heavy atom. The third-order valence-corrected chi connectivity index (χ3v) is 3.83. The summed E-state index contributed by atoms with van der Waals surface area (Å²) in [6, 6.07) is 9.21. The Bertz CT molecular complexity index is 433. The summed E-state index contributed by atoms with van der Waals surface area (Å²) in [5.41, 5.74) is 1.43. The maximum Gasteiger partial charge on any atom is 0.0346 e. The maximum atomic E-state index is 3.53. The molecule has 0 aliphatic heterocycles. The third-order valence-electron chi connectivity index (χ3n) is 2.81. The van der Waals surface area contributed by atoms with Crippen molar-refractivity contribution in [3.63, 3.8) is 0 Å². The molecule has 80 valence electrons. The zero-order valence-corrected chi connectivity index (χ0v) is 10.1. The SMILES string of the molecule is CC[C@@H](C)NCc1csc2ccccc12. The highest BCUT2D eigenvalue weighted by Gasteiger charge is 2.04. The topological polar surface area (TPSA) is 12.0 Å². The van der Waals surface area contributed by atoms with Crippen molar-refractivity contribution in [3.8, 4) is 0 Å². The molecule has 1 heterocycles. The van der Waals surface area contributed by atoms with Gasteiger partial charge in [-0.1, -0.05) is 25.1 Å². The first-order valence-electron chi connectivity index (χ1n) is 5.49. The van der Waals surface area contributed by atoms with E-state index in [1.165, 1.54) is 22.1 Å². The molecule has 1 atom stereocenters. The maximum absolute atomic E-state index is 3.53. The summed E-state index contributed by atoms with van der Waals surface area (Å²) in [4.78, 5) is 0. The van der Waals surface area contributed by atoms with Crippen LogP contribution in [0.15, 0.2) is 29.6 Å². The number of hydrogen-bond acceptors (Lipinski definition) is 2. The van der Waals surface area contributed by atoms with Gasteiger partial charge in [-0.05, 0) is 35.7 Å². The van der Waals surface area contributed by atoms with Gasteiger partial charge in [0.1, 0.15) is 0 Å². The molecule has 0 spiro atoms. The Kier molecular flexibility index (Phi) is 3.39. The molecule has 0 unspecified atom stereocenters. The molecule has 2 rings (SSSR count). The van der Waals surface area contributed by atoms with Crippen LogP contribution >= 0.6 is 11.3 Å². The van der Waals surface area contributed by atoms with Gasteiger partial charge < -0.3 is 5.32 Å². The van der Waals surface area contributed by atoms with Crippen LogP contribution in [-0.4, -0.2) is 6.04 Å². The van der Waals surface area contributed by atoms with E-state index in [4.69, 9.17) is 0 Å². The molecule has 0 bridgehead atoms. The predicted octanol–water partition coefficient (Wildman–Crippen LogP) is 3.79. The Morgan fingerprint density at radius 1 is 1.33 bits per heavy atom. The van der Waals surface area contributed by atoms with Gasteiger partial charge in [-0.3, -0.25) is 0 Å². The van der Waals surface area contributed by atoms with Crippen molar-refractivity contribution in [1.82, 2.24) is 5.32 Å². The van der Waals surface area contributed by atoms with Crippen molar-refractivity contribution >= 4 is 21.4 Å². The minimum atomic E-state index is 0.601. The average molecular weight is 219 g/mol. The highest BCUT2D eigenvalue weighted by Crippen LogP contribution is 2.25. The molecular weight excluding hydrogens is 202 g/mol. The average Bonchev–Trinajstić information content (AvgIpc) is 2.69. The molecule has 0 saturated carbocycles. The minimum absolute atomic E-state index is 0.601. The van der Waals surface area contributed by atoms with Gasteiger partial charge in [0, 0.05) is 17.3 Å². The van der Waals surface area contributed by atoms with Gasteiger partial charge in [0.2, 0.25) is 0 Å². The Morgan fingerprint density at radius 3 is 2.93 bits per heavy atom. The highest BCUT2D eigenvalue weighted by atomic mass is 32.1. The summed E-state index contributed by atoms with van der Waals surface area (Å²) in [5.74, 6) is 0. The summed E-state index contributed by atoms with van der Waals surface area (Å²) < 4.78 is 1.39. The molecule has 1 aromatic carbocycles. The molecule has 1 N–H and O–H groups in total. The van der Waals surface area contributed by atoms with Gasteiger partial charge in [0.15, 0.2) is 0 Å². The number of hydrogen-bond donors (Lipinski definition) is 1. The van der Waals surface area contributed by atoms with Crippen molar-refractivity contribution in [1.29, 1.82) is 0 Å². The molecule has 2 aromatic rings. The predicted molar refractivity (Wildman–Crippen MR) is 68.4 cm³/mol. The zero-order chi connectivity index (χ0) is 10.7. The van der Waals surface area contributed by atoms with Crippen molar-refractivity contribution in [2.75, 3.05) is 0 Å². The summed E-state index contributed by atoms with van der Waals surface area (Å²) in [6.07, 6.45) is 1.18. The molecule has 0 radical (unpaired) electrons. The van der Waals surface area contributed by atoms with E-state index in [9.17, 15) is 0 Å². The highest BCUT2D eigenvalue weighted by molar-refractivity contribution is 7.17. The lowest BCUT2D eigenvalue weighted by molar-refractivity contribution is 0.536. The normalized spacial score (nSPS) is 13.2. The Hall–Kier alpha value is -0.860. The number of thiophene rings is 1. The van der Waals surface area contributed by atoms with Crippen molar-refractivity contribution in [2.24, 2.45) is 0 Å². The van der Waals surface area contributed by atoms with Crippen LogP contribution in [0.25, 0.3) is 10.1 Å². The van der Waals surface area contributed by atoms with Gasteiger partial charge in [-0.15, -0.1) is 11.3 Å². The van der Waals surface area contributed by atoms with E-state index in [2.05, 4.69) is 48.8 Å². The molecule has 0 amide bonds. The fraction of sp³-hybridized carbons (Fsp3) is 0.385. The van der Waals surface area contributed by atoms with Crippen molar-refractivity contribution in [3.05, 3.63) is 35.2 Å². The van der Waals surface area contributed by atoms with E-state index in [-0.39, 0.29) is 0 Å². The fourth-order valence-corrected chi connectivity index (χ4v) is 2.56. The standard InChI is InChI=1S/C13H17NS/c1-3-10(2)14-8-11-9-15-13-7-5-4-6-12(11)13/h4-7,9-10,14H,3,8H2,1-2H3/t10-/m1/s1. The summed E-state index contributed by atoms with van der Waals surface area (Å²) in [6.45, 7) is 5.43. The molecule has 1 aromatic heterocycles. The van der Waals surface area contributed by atoms with E-state index >= 15 is 0 Å². The lowest BCUT2D eigenvalue weighted by Crippen LogP contribution is -2.24. The third kappa shape index (κ3) is 2.39. The molecule has 0 aliphatic rings. The van der Waals surface area contributed by atoms with Crippen LogP contribution in [0.4, 0.5) is 0 Å². The first kappa shape index (κ1) is 10.7. The van der Waals surface area contributed by atoms with Crippen LogP contribution in [0.1, 0.15) is 25.8 Å². The van der Waals surface area contributed by atoms with E-state index in [0.29, 0.717) is 6.04 Å².